The van der Waals surface area contributed by atoms with Crippen molar-refractivity contribution in [1.82, 2.24) is 0 Å². The summed E-state index contributed by atoms with van der Waals surface area (Å²) in [5.41, 5.74) is 0.893. The topological polar surface area (TPSA) is 57.6 Å². The SMILES string of the molecule is CC1=CC(=O)N(c2ccc(O)cc2)C1=O. The predicted molar refractivity (Wildman–Crippen MR) is 54.4 cm³/mol. The maximum atomic E-state index is 11.6. The molecule has 0 radical (unpaired) electrons. The summed E-state index contributed by atoms with van der Waals surface area (Å²) in [6.07, 6.45) is 1.30. The number of phenolic OH excluding ortho intramolecular Hbond substituents is 1. The van der Waals surface area contributed by atoms with Crippen LogP contribution < -0.4 is 4.90 Å². The van der Waals surface area contributed by atoms with Gasteiger partial charge >= 0.3 is 0 Å². The smallest absolute Gasteiger partial charge is 0.261 e. The highest BCUT2D eigenvalue weighted by atomic mass is 16.3. The Bertz CT molecular complexity index is 459. The normalized spacial score (nSPS) is 15.8. The van der Waals surface area contributed by atoms with E-state index in [-0.39, 0.29) is 17.6 Å². The fourth-order valence-electron chi connectivity index (χ4n) is 1.43. The largest absolute Gasteiger partial charge is 0.508 e. The Hall–Kier alpha value is -2.10. The number of hydrogen-bond acceptors (Lipinski definition) is 3. The minimum Gasteiger partial charge on any atom is -0.508 e. The van der Waals surface area contributed by atoms with Crippen molar-refractivity contribution in [3.63, 3.8) is 0 Å². The molecule has 0 aromatic heterocycles. The summed E-state index contributed by atoms with van der Waals surface area (Å²) in [4.78, 5) is 24.1. The van der Waals surface area contributed by atoms with Crippen LogP contribution in [0.5, 0.6) is 5.75 Å². The molecule has 1 aromatic rings. The molecule has 4 nitrogen and oxygen atoms in total. The second-order valence-electron chi connectivity index (χ2n) is 3.32. The molecule has 0 spiro atoms. The first kappa shape index (κ1) is 9.45. The number of anilines is 1. The van der Waals surface area contributed by atoms with Crippen molar-refractivity contribution < 1.29 is 14.7 Å². The third kappa shape index (κ3) is 1.50. The molecule has 0 atom stereocenters. The Morgan fingerprint density at radius 3 is 2.20 bits per heavy atom. The summed E-state index contributed by atoms with van der Waals surface area (Å²) in [6, 6.07) is 5.92. The molecule has 15 heavy (non-hydrogen) atoms. The van der Waals surface area contributed by atoms with Crippen molar-refractivity contribution >= 4 is 17.5 Å². The monoisotopic (exact) mass is 203 g/mol. The lowest BCUT2D eigenvalue weighted by molar-refractivity contribution is -0.120. The number of phenols is 1. The van der Waals surface area contributed by atoms with Crippen molar-refractivity contribution in [2.45, 2.75) is 6.92 Å². The van der Waals surface area contributed by atoms with Crippen molar-refractivity contribution in [2.75, 3.05) is 4.90 Å². The van der Waals surface area contributed by atoms with E-state index in [1.54, 1.807) is 6.92 Å². The van der Waals surface area contributed by atoms with Crippen LogP contribution in [0.15, 0.2) is 35.9 Å². The number of nitrogens with zero attached hydrogens (tertiary/aromatic N) is 1. The van der Waals surface area contributed by atoms with Gasteiger partial charge in [0.25, 0.3) is 11.8 Å². The maximum absolute atomic E-state index is 11.6. The van der Waals surface area contributed by atoms with E-state index in [9.17, 15) is 9.59 Å². The lowest BCUT2D eigenvalue weighted by Gasteiger charge is -2.13. The lowest BCUT2D eigenvalue weighted by atomic mass is 10.2. The average Bonchev–Trinajstić information content (AvgIpc) is 2.44. The number of rotatable bonds is 1. The average molecular weight is 203 g/mol. The molecule has 76 valence electrons. The van der Waals surface area contributed by atoms with Crippen molar-refractivity contribution in [2.24, 2.45) is 0 Å². The minimum atomic E-state index is -0.344. The van der Waals surface area contributed by atoms with Gasteiger partial charge in [0.1, 0.15) is 5.75 Å². The standard InChI is InChI=1S/C11H9NO3/c1-7-6-10(14)12(11(7)15)8-2-4-9(13)5-3-8/h2-6,13H,1H3. The van der Waals surface area contributed by atoms with E-state index in [1.807, 2.05) is 0 Å². The molecule has 1 aliphatic rings. The van der Waals surface area contributed by atoms with Crippen LogP contribution in [0.3, 0.4) is 0 Å². The van der Waals surface area contributed by atoms with Crippen LogP contribution in [0.1, 0.15) is 6.92 Å². The highest BCUT2D eigenvalue weighted by Crippen LogP contribution is 2.23. The number of amides is 2. The van der Waals surface area contributed by atoms with Gasteiger partial charge in [-0.05, 0) is 31.2 Å². The van der Waals surface area contributed by atoms with Crippen molar-refractivity contribution in [3.8, 4) is 5.75 Å². The van der Waals surface area contributed by atoms with Gasteiger partial charge in [-0.3, -0.25) is 9.59 Å². The van der Waals surface area contributed by atoms with Gasteiger partial charge in [-0.25, -0.2) is 4.90 Å². The molecular weight excluding hydrogens is 194 g/mol. The number of carbonyl (C=O) groups excluding carboxylic acids is 2. The zero-order valence-electron chi connectivity index (χ0n) is 8.10. The number of benzene rings is 1. The van der Waals surface area contributed by atoms with Crippen molar-refractivity contribution in [1.29, 1.82) is 0 Å². The molecule has 0 aliphatic carbocycles. The van der Waals surface area contributed by atoms with Crippen molar-refractivity contribution in [3.05, 3.63) is 35.9 Å². The maximum Gasteiger partial charge on any atom is 0.261 e. The van der Waals surface area contributed by atoms with Crippen LogP contribution in [0.25, 0.3) is 0 Å². The van der Waals surface area contributed by atoms with Crippen LogP contribution in [0.2, 0.25) is 0 Å². The molecular formula is C11H9NO3. The fourth-order valence-corrected chi connectivity index (χ4v) is 1.43. The first-order chi connectivity index (χ1) is 7.09. The summed E-state index contributed by atoms with van der Waals surface area (Å²) in [6.45, 7) is 1.60. The van der Waals surface area contributed by atoms with Gasteiger partial charge in [-0.1, -0.05) is 0 Å². The Balaban J connectivity index is 2.38. The van der Waals surface area contributed by atoms with E-state index in [1.165, 1.54) is 30.3 Å². The highest BCUT2D eigenvalue weighted by molar-refractivity contribution is 6.30. The van der Waals surface area contributed by atoms with Crippen LogP contribution in [0.4, 0.5) is 5.69 Å². The Morgan fingerprint density at radius 1 is 1.13 bits per heavy atom. The second kappa shape index (κ2) is 3.24. The molecule has 1 N–H and O–H groups in total. The van der Waals surface area contributed by atoms with Gasteiger partial charge in [0.2, 0.25) is 0 Å². The first-order valence-corrected chi connectivity index (χ1v) is 4.45. The van der Waals surface area contributed by atoms with Crippen LogP contribution >= 0.6 is 0 Å². The Labute approximate surface area is 86.4 Å². The van der Waals surface area contributed by atoms with E-state index in [0.29, 0.717) is 11.3 Å². The molecule has 1 heterocycles. The summed E-state index contributed by atoms with van der Waals surface area (Å²) >= 11 is 0. The van der Waals surface area contributed by atoms with Gasteiger partial charge in [0, 0.05) is 11.6 Å². The minimum absolute atomic E-state index is 0.0996. The molecule has 0 saturated carbocycles. The van der Waals surface area contributed by atoms with Gasteiger partial charge in [0.15, 0.2) is 0 Å². The van der Waals surface area contributed by atoms with E-state index in [0.717, 1.165) is 4.90 Å². The molecule has 0 fully saturated rings. The number of carbonyl (C=O) groups is 2. The third-order valence-electron chi connectivity index (χ3n) is 2.21. The van der Waals surface area contributed by atoms with Crippen LogP contribution in [-0.2, 0) is 9.59 Å². The Kier molecular flexibility index (Phi) is 2.04. The molecule has 4 heteroatoms. The van der Waals surface area contributed by atoms with Gasteiger partial charge in [-0.2, -0.15) is 0 Å². The summed E-state index contributed by atoms with van der Waals surface area (Å²) in [5.74, 6) is -0.559. The first-order valence-electron chi connectivity index (χ1n) is 4.45. The molecule has 0 unspecified atom stereocenters. The lowest BCUT2D eigenvalue weighted by Crippen LogP contribution is -2.30. The van der Waals surface area contributed by atoms with E-state index >= 15 is 0 Å². The van der Waals surface area contributed by atoms with E-state index < -0.39 is 0 Å². The zero-order chi connectivity index (χ0) is 11.0. The van der Waals surface area contributed by atoms with Gasteiger partial charge in [0.05, 0.1) is 5.69 Å². The Morgan fingerprint density at radius 2 is 1.73 bits per heavy atom. The molecule has 0 saturated heterocycles. The van der Waals surface area contributed by atoms with Gasteiger partial charge in [-0.15, -0.1) is 0 Å². The van der Waals surface area contributed by atoms with Gasteiger partial charge < -0.3 is 5.11 Å². The molecule has 2 amide bonds. The van der Waals surface area contributed by atoms with E-state index in [2.05, 4.69) is 0 Å². The fraction of sp³-hybridized carbons (Fsp3) is 0.0909. The third-order valence-corrected chi connectivity index (χ3v) is 2.21. The second-order valence-corrected chi connectivity index (χ2v) is 3.32. The number of hydrogen-bond donors (Lipinski definition) is 1. The molecule has 1 aliphatic heterocycles. The molecule has 1 aromatic carbocycles. The predicted octanol–water partition coefficient (Wildman–Crippen LogP) is 1.21. The summed E-state index contributed by atoms with van der Waals surface area (Å²) in [5, 5.41) is 9.08. The molecule has 0 bridgehead atoms. The summed E-state index contributed by atoms with van der Waals surface area (Å²) < 4.78 is 0. The van der Waals surface area contributed by atoms with Crippen LogP contribution in [0, 0.1) is 0 Å². The van der Waals surface area contributed by atoms with Crippen LogP contribution in [-0.4, -0.2) is 16.9 Å². The number of aromatic hydroxyl groups is 1. The summed E-state index contributed by atoms with van der Waals surface area (Å²) in [7, 11) is 0. The number of imide groups is 1. The zero-order valence-corrected chi connectivity index (χ0v) is 8.10. The molecule has 2 rings (SSSR count). The van der Waals surface area contributed by atoms with E-state index in [4.69, 9.17) is 5.11 Å². The quantitative estimate of drug-likeness (QED) is 0.698. The highest BCUT2D eigenvalue weighted by Gasteiger charge is 2.29.